The first-order valence-electron chi connectivity index (χ1n) is 8.47. The summed E-state index contributed by atoms with van der Waals surface area (Å²) in [6, 6.07) is 0.141. The number of rotatable bonds is 6. The molecule has 3 unspecified atom stereocenters. The third-order valence-electron chi connectivity index (χ3n) is 4.67. The number of hydrogen-bond acceptors (Lipinski definition) is 4. The maximum atomic E-state index is 10.0. The lowest BCUT2D eigenvalue weighted by molar-refractivity contribution is -0.0250. The number of ether oxygens (including phenoxy) is 1. The lowest BCUT2D eigenvalue weighted by Gasteiger charge is -2.26. The fourth-order valence-electron chi connectivity index (χ4n) is 3.35. The van der Waals surface area contributed by atoms with Gasteiger partial charge in [0.25, 0.3) is 0 Å². The van der Waals surface area contributed by atoms with Gasteiger partial charge in [-0.05, 0) is 25.7 Å². The Morgan fingerprint density at radius 2 is 1.60 bits per heavy atom. The summed E-state index contributed by atoms with van der Waals surface area (Å²) in [5, 5.41) is 23.3. The normalized spacial score (nSPS) is 30.9. The van der Waals surface area contributed by atoms with Crippen molar-refractivity contribution in [1.29, 1.82) is 0 Å². The van der Waals surface area contributed by atoms with Gasteiger partial charge in [-0.2, -0.15) is 0 Å². The Labute approximate surface area is 122 Å². The van der Waals surface area contributed by atoms with E-state index < -0.39 is 6.10 Å². The van der Waals surface area contributed by atoms with E-state index in [0.29, 0.717) is 19.3 Å². The van der Waals surface area contributed by atoms with E-state index in [0.717, 1.165) is 32.1 Å². The molecule has 2 rings (SSSR count). The highest BCUT2D eigenvalue weighted by molar-refractivity contribution is 4.80. The van der Waals surface area contributed by atoms with Gasteiger partial charge in [0.05, 0.1) is 24.9 Å². The Hall–Kier alpha value is -0.160. The lowest BCUT2D eigenvalue weighted by Crippen LogP contribution is -2.44. The summed E-state index contributed by atoms with van der Waals surface area (Å²) in [5.74, 6) is 0. The maximum absolute atomic E-state index is 10.0. The molecule has 0 bridgehead atoms. The summed E-state index contributed by atoms with van der Waals surface area (Å²) in [5.41, 5.74) is 0. The van der Waals surface area contributed by atoms with Crippen molar-refractivity contribution in [2.75, 3.05) is 13.2 Å². The van der Waals surface area contributed by atoms with Crippen LogP contribution in [0, 0.1) is 0 Å². The zero-order valence-corrected chi connectivity index (χ0v) is 12.6. The molecule has 0 heterocycles. The van der Waals surface area contributed by atoms with E-state index in [9.17, 15) is 10.2 Å². The first-order valence-corrected chi connectivity index (χ1v) is 8.47. The van der Waals surface area contributed by atoms with Crippen molar-refractivity contribution in [2.24, 2.45) is 0 Å². The van der Waals surface area contributed by atoms with Gasteiger partial charge in [0.2, 0.25) is 0 Å². The Bertz CT molecular complexity index is 256. The van der Waals surface area contributed by atoms with E-state index in [4.69, 9.17) is 4.74 Å². The van der Waals surface area contributed by atoms with Crippen LogP contribution in [0.4, 0.5) is 0 Å². The van der Waals surface area contributed by atoms with E-state index in [1.165, 1.54) is 32.1 Å². The molecule has 4 nitrogen and oxygen atoms in total. The average Bonchev–Trinajstić information content (AvgIpc) is 2.68. The standard InChI is InChI=1S/C16H31NO3/c18-13(12-20-14-7-3-1-4-8-14)11-17-15-9-5-2-6-10-16(15)19/h13-19H,1-12H2. The molecule has 2 saturated carbocycles. The molecule has 0 spiro atoms. The summed E-state index contributed by atoms with van der Waals surface area (Å²) < 4.78 is 5.78. The summed E-state index contributed by atoms with van der Waals surface area (Å²) in [7, 11) is 0. The molecule has 0 aliphatic heterocycles. The average molecular weight is 285 g/mol. The van der Waals surface area contributed by atoms with Gasteiger partial charge >= 0.3 is 0 Å². The third-order valence-corrected chi connectivity index (χ3v) is 4.67. The van der Waals surface area contributed by atoms with Crippen LogP contribution in [0.1, 0.15) is 64.2 Å². The van der Waals surface area contributed by atoms with Crippen molar-refractivity contribution < 1.29 is 14.9 Å². The zero-order chi connectivity index (χ0) is 14.2. The van der Waals surface area contributed by atoms with Crippen molar-refractivity contribution in [3.05, 3.63) is 0 Å². The van der Waals surface area contributed by atoms with Crippen molar-refractivity contribution in [2.45, 2.75) is 88.6 Å². The summed E-state index contributed by atoms with van der Waals surface area (Å²) in [4.78, 5) is 0. The van der Waals surface area contributed by atoms with E-state index in [2.05, 4.69) is 5.32 Å². The highest BCUT2D eigenvalue weighted by Gasteiger charge is 2.22. The topological polar surface area (TPSA) is 61.7 Å². The second-order valence-corrected chi connectivity index (χ2v) is 6.47. The number of aliphatic hydroxyl groups excluding tert-OH is 2. The summed E-state index contributed by atoms with van der Waals surface area (Å²) in [6.45, 7) is 0.939. The van der Waals surface area contributed by atoms with Crippen LogP contribution in [-0.2, 0) is 4.74 Å². The monoisotopic (exact) mass is 285 g/mol. The number of nitrogens with one attached hydrogen (secondary N) is 1. The molecule has 0 aromatic carbocycles. The SMILES string of the molecule is OC(CNC1CCCCCC1O)COC1CCCCC1. The van der Waals surface area contributed by atoms with E-state index in [-0.39, 0.29) is 12.1 Å². The lowest BCUT2D eigenvalue weighted by atomic mass is 9.98. The van der Waals surface area contributed by atoms with Crippen molar-refractivity contribution in [3.8, 4) is 0 Å². The molecule has 0 aromatic heterocycles. The van der Waals surface area contributed by atoms with E-state index in [1.807, 2.05) is 0 Å². The largest absolute Gasteiger partial charge is 0.392 e. The second-order valence-electron chi connectivity index (χ2n) is 6.47. The molecule has 2 aliphatic carbocycles. The van der Waals surface area contributed by atoms with Crippen LogP contribution in [0.15, 0.2) is 0 Å². The number of hydrogen-bond donors (Lipinski definition) is 3. The van der Waals surface area contributed by atoms with Crippen LogP contribution in [0.2, 0.25) is 0 Å². The zero-order valence-electron chi connectivity index (χ0n) is 12.6. The first-order chi connectivity index (χ1) is 9.75. The van der Waals surface area contributed by atoms with Crippen molar-refractivity contribution in [3.63, 3.8) is 0 Å². The molecule has 2 fully saturated rings. The quantitative estimate of drug-likeness (QED) is 0.653. The van der Waals surface area contributed by atoms with Gasteiger partial charge in [0.1, 0.15) is 0 Å². The fraction of sp³-hybridized carbons (Fsp3) is 1.00. The molecule has 0 aromatic rings. The predicted octanol–water partition coefficient (Wildman–Crippen LogP) is 1.98. The van der Waals surface area contributed by atoms with Crippen LogP contribution in [-0.4, -0.2) is 47.7 Å². The van der Waals surface area contributed by atoms with Crippen molar-refractivity contribution in [1.82, 2.24) is 5.32 Å². The summed E-state index contributed by atoms with van der Waals surface area (Å²) in [6.07, 6.45) is 11.1. The Morgan fingerprint density at radius 3 is 2.35 bits per heavy atom. The predicted molar refractivity (Wildman–Crippen MR) is 79.7 cm³/mol. The minimum Gasteiger partial charge on any atom is -0.392 e. The van der Waals surface area contributed by atoms with Gasteiger partial charge in [-0.15, -0.1) is 0 Å². The van der Waals surface area contributed by atoms with Gasteiger partial charge in [-0.25, -0.2) is 0 Å². The Morgan fingerprint density at radius 1 is 0.950 bits per heavy atom. The molecule has 4 heteroatoms. The minimum absolute atomic E-state index is 0.141. The van der Waals surface area contributed by atoms with Crippen LogP contribution in [0.3, 0.4) is 0 Å². The molecule has 20 heavy (non-hydrogen) atoms. The fourth-order valence-corrected chi connectivity index (χ4v) is 3.35. The second kappa shape index (κ2) is 8.98. The molecular formula is C16H31NO3. The Balaban J connectivity index is 1.59. The van der Waals surface area contributed by atoms with Crippen LogP contribution >= 0.6 is 0 Å². The van der Waals surface area contributed by atoms with Gasteiger partial charge in [0, 0.05) is 12.6 Å². The van der Waals surface area contributed by atoms with Gasteiger partial charge in [0.15, 0.2) is 0 Å². The summed E-state index contributed by atoms with van der Waals surface area (Å²) >= 11 is 0. The van der Waals surface area contributed by atoms with Gasteiger partial charge in [-0.3, -0.25) is 0 Å². The molecule has 3 atom stereocenters. The highest BCUT2D eigenvalue weighted by atomic mass is 16.5. The van der Waals surface area contributed by atoms with E-state index in [1.54, 1.807) is 0 Å². The molecule has 0 amide bonds. The van der Waals surface area contributed by atoms with Gasteiger partial charge in [-0.1, -0.05) is 38.5 Å². The van der Waals surface area contributed by atoms with Crippen LogP contribution in [0.25, 0.3) is 0 Å². The highest BCUT2D eigenvalue weighted by Crippen LogP contribution is 2.20. The molecule has 118 valence electrons. The Kier molecular flexibility index (Phi) is 7.28. The van der Waals surface area contributed by atoms with Crippen LogP contribution < -0.4 is 5.32 Å². The molecular weight excluding hydrogens is 254 g/mol. The molecule has 3 N–H and O–H groups in total. The molecule has 0 saturated heterocycles. The third kappa shape index (κ3) is 5.68. The smallest absolute Gasteiger partial charge is 0.0897 e. The minimum atomic E-state index is -0.465. The number of aliphatic hydroxyl groups is 2. The van der Waals surface area contributed by atoms with E-state index >= 15 is 0 Å². The van der Waals surface area contributed by atoms with Gasteiger partial charge < -0.3 is 20.3 Å². The molecule has 0 radical (unpaired) electrons. The molecule has 2 aliphatic rings. The first kappa shape index (κ1) is 16.2. The van der Waals surface area contributed by atoms with Crippen LogP contribution in [0.5, 0.6) is 0 Å². The maximum Gasteiger partial charge on any atom is 0.0897 e. The van der Waals surface area contributed by atoms with Crippen molar-refractivity contribution >= 4 is 0 Å².